The van der Waals surface area contributed by atoms with Crippen molar-refractivity contribution in [3.05, 3.63) is 36.0 Å². The molecule has 3 aliphatic heterocycles. The van der Waals surface area contributed by atoms with Crippen LogP contribution in [-0.2, 0) is 0 Å². The molecule has 1 aromatic carbocycles. The normalized spacial score (nSPS) is 34.3. The van der Waals surface area contributed by atoms with Crippen LogP contribution < -0.4 is 5.32 Å². The first-order valence-electron chi connectivity index (χ1n) is 8.36. The number of aromatic amines is 1. The highest BCUT2D eigenvalue weighted by Crippen LogP contribution is 2.43. The first-order valence-corrected chi connectivity index (χ1v) is 8.36. The second-order valence-electron chi connectivity index (χ2n) is 7.36. The molecule has 4 bridgehead atoms. The number of piperidine rings is 3. The van der Waals surface area contributed by atoms with E-state index in [2.05, 4.69) is 15.2 Å². The van der Waals surface area contributed by atoms with Gasteiger partial charge in [0.15, 0.2) is 0 Å². The number of fused-ring (bicyclic) bond motifs is 1. The average Bonchev–Trinajstić information content (AvgIpc) is 2.97. The summed E-state index contributed by atoms with van der Waals surface area (Å²) in [6, 6.07) is 8.32. The lowest BCUT2D eigenvalue weighted by molar-refractivity contribution is -0.0418. The van der Waals surface area contributed by atoms with Crippen LogP contribution in [0.2, 0.25) is 0 Å². The summed E-state index contributed by atoms with van der Waals surface area (Å²) in [6.07, 6.45) is 4.51. The van der Waals surface area contributed by atoms with Gasteiger partial charge in [0.2, 0.25) is 0 Å². The SMILES string of the molecule is Cl.O=C(NC1C2CC3CC1CN(C3)C2)c1ccc2cc[nH]c2c1. The molecule has 1 saturated carbocycles. The molecule has 1 amide bonds. The highest BCUT2D eigenvalue weighted by molar-refractivity contribution is 5.98. The summed E-state index contributed by atoms with van der Waals surface area (Å²) in [4.78, 5) is 18.4. The smallest absolute Gasteiger partial charge is 0.251 e. The molecule has 6 rings (SSSR count). The van der Waals surface area contributed by atoms with Crippen molar-refractivity contribution in [3.8, 4) is 0 Å². The van der Waals surface area contributed by atoms with Gasteiger partial charge in [0, 0.05) is 43.0 Å². The van der Waals surface area contributed by atoms with Gasteiger partial charge in [0.1, 0.15) is 0 Å². The number of amides is 1. The molecule has 122 valence electrons. The zero-order valence-electron chi connectivity index (χ0n) is 13.0. The Morgan fingerprint density at radius 3 is 2.65 bits per heavy atom. The summed E-state index contributed by atoms with van der Waals surface area (Å²) in [5.41, 5.74) is 1.80. The van der Waals surface area contributed by atoms with Crippen molar-refractivity contribution < 1.29 is 4.79 Å². The molecule has 3 saturated heterocycles. The van der Waals surface area contributed by atoms with Crippen molar-refractivity contribution in [1.29, 1.82) is 0 Å². The van der Waals surface area contributed by atoms with Crippen LogP contribution in [-0.4, -0.2) is 41.5 Å². The third-order valence-electron chi connectivity index (χ3n) is 5.90. The van der Waals surface area contributed by atoms with Gasteiger partial charge in [-0.25, -0.2) is 0 Å². The molecule has 2 aromatic rings. The summed E-state index contributed by atoms with van der Waals surface area (Å²) < 4.78 is 0. The Morgan fingerprint density at radius 1 is 1.13 bits per heavy atom. The maximum Gasteiger partial charge on any atom is 0.251 e. The minimum absolute atomic E-state index is 0. The molecule has 2 atom stereocenters. The predicted octanol–water partition coefficient (Wildman–Crippen LogP) is 2.66. The van der Waals surface area contributed by atoms with Gasteiger partial charge in [-0.2, -0.15) is 0 Å². The minimum Gasteiger partial charge on any atom is -0.361 e. The van der Waals surface area contributed by atoms with E-state index in [9.17, 15) is 4.79 Å². The second-order valence-corrected chi connectivity index (χ2v) is 7.36. The van der Waals surface area contributed by atoms with Crippen molar-refractivity contribution in [2.24, 2.45) is 17.8 Å². The number of hydrogen-bond donors (Lipinski definition) is 2. The van der Waals surface area contributed by atoms with Gasteiger partial charge in [-0.1, -0.05) is 6.07 Å². The van der Waals surface area contributed by atoms with Gasteiger partial charge >= 0.3 is 0 Å². The molecule has 2 unspecified atom stereocenters. The van der Waals surface area contributed by atoms with Gasteiger partial charge in [0.25, 0.3) is 5.91 Å². The van der Waals surface area contributed by atoms with Gasteiger partial charge in [-0.15, -0.1) is 12.4 Å². The molecule has 1 aliphatic carbocycles. The third kappa shape index (κ3) is 2.45. The lowest BCUT2D eigenvalue weighted by atomic mass is 9.65. The van der Waals surface area contributed by atoms with Gasteiger partial charge in [-0.3, -0.25) is 4.79 Å². The summed E-state index contributed by atoms with van der Waals surface area (Å²) >= 11 is 0. The first kappa shape index (κ1) is 15.0. The van der Waals surface area contributed by atoms with Crippen LogP contribution in [0.4, 0.5) is 0 Å². The Balaban J connectivity index is 0.00000135. The Bertz CT molecular complexity index is 713. The predicted molar refractivity (Wildman–Crippen MR) is 92.9 cm³/mol. The summed E-state index contributed by atoms with van der Waals surface area (Å²) in [6.45, 7) is 3.64. The van der Waals surface area contributed by atoms with Crippen LogP contribution in [0.3, 0.4) is 0 Å². The number of H-pyrrole nitrogens is 1. The topological polar surface area (TPSA) is 48.1 Å². The highest BCUT2D eigenvalue weighted by atomic mass is 35.5. The fourth-order valence-electron chi connectivity index (χ4n) is 5.07. The summed E-state index contributed by atoms with van der Waals surface area (Å²) in [5.74, 6) is 2.28. The van der Waals surface area contributed by atoms with Crippen LogP contribution in [0.15, 0.2) is 30.5 Å². The Labute approximate surface area is 142 Å². The fraction of sp³-hybridized carbons (Fsp3) is 0.500. The van der Waals surface area contributed by atoms with E-state index in [1.54, 1.807) is 0 Å². The number of nitrogens with one attached hydrogen (secondary N) is 2. The van der Waals surface area contributed by atoms with E-state index in [0.717, 1.165) is 22.4 Å². The number of rotatable bonds is 2. The van der Waals surface area contributed by atoms with E-state index in [1.807, 2.05) is 30.5 Å². The Hall–Kier alpha value is -1.52. The van der Waals surface area contributed by atoms with Crippen molar-refractivity contribution in [2.45, 2.75) is 18.9 Å². The maximum atomic E-state index is 12.7. The van der Waals surface area contributed by atoms with Crippen molar-refractivity contribution in [1.82, 2.24) is 15.2 Å². The molecule has 5 heteroatoms. The third-order valence-corrected chi connectivity index (χ3v) is 5.90. The number of carbonyl (C=O) groups is 1. The van der Waals surface area contributed by atoms with Crippen LogP contribution in [0.25, 0.3) is 10.9 Å². The number of aromatic nitrogens is 1. The van der Waals surface area contributed by atoms with Crippen molar-refractivity contribution in [3.63, 3.8) is 0 Å². The number of nitrogens with zero attached hydrogens (tertiary/aromatic N) is 1. The maximum absolute atomic E-state index is 12.7. The Morgan fingerprint density at radius 2 is 1.91 bits per heavy atom. The molecule has 4 aliphatic rings. The zero-order chi connectivity index (χ0) is 14.7. The number of hydrogen-bond acceptors (Lipinski definition) is 2. The number of benzene rings is 1. The van der Waals surface area contributed by atoms with E-state index in [4.69, 9.17) is 0 Å². The molecular weight excluding hydrogens is 310 g/mol. The lowest BCUT2D eigenvalue weighted by Crippen LogP contribution is -2.64. The lowest BCUT2D eigenvalue weighted by Gasteiger charge is -2.55. The van der Waals surface area contributed by atoms with Gasteiger partial charge in [0.05, 0.1) is 0 Å². The minimum atomic E-state index is 0. The van der Waals surface area contributed by atoms with Gasteiger partial charge < -0.3 is 15.2 Å². The van der Waals surface area contributed by atoms with Crippen LogP contribution >= 0.6 is 12.4 Å². The quantitative estimate of drug-likeness (QED) is 0.888. The van der Waals surface area contributed by atoms with Gasteiger partial charge in [-0.05, 0) is 54.2 Å². The van der Waals surface area contributed by atoms with E-state index < -0.39 is 0 Å². The monoisotopic (exact) mass is 331 g/mol. The fourth-order valence-corrected chi connectivity index (χ4v) is 5.07. The summed E-state index contributed by atoms with van der Waals surface area (Å²) in [7, 11) is 0. The van der Waals surface area contributed by atoms with Crippen molar-refractivity contribution >= 4 is 29.2 Å². The average molecular weight is 332 g/mol. The Kier molecular flexibility index (Phi) is 3.62. The number of halogens is 1. The molecular formula is C18H22ClN3O. The van der Waals surface area contributed by atoms with E-state index in [1.165, 1.54) is 32.5 Å². The number of carbonyl (C=O) groups excluding carboxylic acids is 1. The van der Waals surface area contributed by atoms with E-state index in [-0.39, 0.29) is 18.3 Å². The van der Waals surface area contributed by atoms with Crippen LogP contribution in [0, 0.1) is 17.8 Å². The first-order chi connectivity index (χ1) is 10.8. The molecule has 1 aromatic heterocycles. The van der Waals surface area contributed by atoms with E-state index >= 15 is 0 Å². The molecule has 23 heavy (non-hydrogen) atoms. The highest BCUT2D eigenvalue weighted by Gasteiger charge is 2.47. The zero-order valence-corrected chi connectivity index (χ0v) is 13.8. The van der Waals surface area contributed by atoms with E-state index in [0.29, 0.717) is 17.9 Å². The van der Waals surface area contributed by atoms with Crippen LogP contribution in [0.1, 0.15) is 23.2 Å². The largest absolute Gasteiger partial charge is 0.361 e. The van der Waals surface area contributed by atoms with Crippen LogP contribution in [0.5, 0.6) is 0 Å². The molecule has 4 nitrogen and oxygen atoms in total. The molecule has 0 radical (unpaired) electrons. The molecule has 2 N–H and O–H groups in total. The molecule has 0 spiro atoms. The standard InChI is InChI=1S/C18H21N3O.ClH/c22-18(13-2-1-12-3-4-19-16(12)7-13)20-17-14-5-11-6-15(17)10-21(8-11)9-14;/h1-4,7,11,14-15,17,19H,5-6,8-10H2,(H,20,22);1H. The van der Waals surface area contributed by atoms with Crippen molar-refractivity contribution in [2.75, 3.05) is 19.6 Å². The summed E-state index contributed by atoms with van der Waals surface area (Å²) in [5, 5.41) is 4.51. The molecule has 4 heterocycles. The second kappa shape index (κ2) is 5.53. The molecule has 4 fully saturated rings.